The Morgan fingerprint density at radius 2 is 1.69 bits per heavy atom. The largest absolute Gasteiger partial charge is 0.508 e. The predicted octanol–water partition coefficient (Wildman–Crippen LogP) is 7.96. The number of benzene rings is 3. The van der Waals surface area contributed by atoms with E-state index in [0.717, 1.165) is 23.7 Å². The zero-order valence-electron chi connectivity index (χ0n) is 23.5. The Labute approximate surface area is 230 Å². The summed E-state index contributed by atoms with van der Waals surface area (Å²) >= 11 is 0. The quantitative estimate of drug-likeness (QED) is 0.200. The maximum absolute atomic E-state index is 13.5. The Morgan fingerprint density at radius 1 is 1.00 bits per heavy atom. The predicted molar refractivity (Wildman–Crippen MR) is 153 cm³/mol. The van der Waals surface area contributed by atoms with Crippen LogP contribution in [0.2, 0.25) is 0 Å². The molecular weight excluding hydrogens is 500 g/mol. The van der Waals surface area contributed by atoms with Crippen LogP contribution in [0.25, 0.3) is 11.1 Å². The number of aromatic hydroxyl groups is 2. The van der Waals surface area contributed by atoms with E-state index < -0.39 is 11.6 Å². The van der Waals surface area contributed by atoms with Gasteiger partial charge in [0, 0.05) is 30.7 Å². The van der Waals surface area contributed by atoms with Gasteiger partial charge in [-0.25, -0.2) is 8.78 Å². The van der Waals surface area contributed by atoms with Crippen LogP contribution in [0.1, 0.15) is 52.2 Å². The van der Waals surface area contributed by atoms with Crippen molar-refractivity contribution in [3.63, 3.8) is 0 Å². The van der Waals surface area contributed by atoms with Gasteiger partial charge in [0.1, 0.15) is 28.9 Å². The number of carbonyl (C=O) groups is 1. The first kappa shape index (κ1) is 32.9. The molecule has 0 aromatic heterocycles. The summed E-state index contributed by atoms with van der Waals surface area (Å²) in [5.41, 5.74) is 3.27. The van der Waals surface area contributed by atoms with E-state index in [4.69, 9.17) is 4.74 Å². The van der Waals surface area contributed by atoms with Crippen LogP contribution in [0, 0.1) is 18.6 Å². The normalized spacial score (nSPS) is 11.0. The van der Waals surface area contributed by atoms with E-state index >= 15 is 0 Å². The maximum atomic E-state index is 13.5. The molecular formula is C32H39F2NO4. The first-order valence-electron chi connectivity index (χ1n) is 12.9. The number of ether oxygens (including phenoxy) is 1. The minimum atomic E-state index is -0.606. The summed E-state index contributed by atoms with van der Waals surface area (Å²) in [5.74, 6) is -0.150. The van der Waals surface area contributed by atoms with Gasteiger partial charge in [-0.05, 0) is 79.4 Å². The first-order valence-corrected chi connectivity index (χ1v) is 12.9. The number of carbonyl (C=O) groups excluding carboxylic acids is 1. The molecule has 0 atom stereocenters. The number of para-hydroxylation sites is 1. The average molecular weight is 540 g/mol. The zero-order chi connectivity index (χ0) is 29.4. The minimum absolute atomic E-state index is 0.0900. The molecule has 0 saturated heterocycles. The third kappa shape index (κ3) is 11.4. The van der Waals surface area contributed by atoms with Gasteiger partial charge in [0.15, 0.2) is 0 Å². The number of hydrogen-bond donors (Lipinski definition) is 3. The number of aryl methyl sites for hydroxylation is 1. The molecule has 0 heterocycles. The molecule has 0 radical (unpaired) electrons. The van der Waals surface area contributed by atoms with Crippen LogP contribution >= 0.6 is 0 Å². The molecule has 0 spiro atoms. The lowest BCUT2D eigenvalue weighted by Crippen LogP contribution is -2.19. The SMILES string of the molecule is C/C=C(\C=C(/CC)NC(C)=O)OCCc1ccccc1O.CC.Cc1cc(-c2ccc(F)cc2F)ccc1O. The molecule has 0 unspecified atom stereocenters. The topological polar surface area (TPSA) is 78.8 Å². The highest BCUT2D eigenvalue weighted by Gasteiger charge is 2.07. The van der Waals surface area contributed by atoms with E-state index in [1.165, 1.54) is 25.1 Å². The zero-order valence-corrected chi connectivity index (χ0v) is 23.5. The van der Waals surface area contributed by atoms with E-state index in [1.54, 1.807) is 31.2 Å². The van der Waals surface area contributed by atoms with Crippen LogP contribution in [0.5, 0.6) is 11.5 Å². The molecule has 0 bridgehead atoms. The molecule has 3 aromatic rings. The number of phenolic OH excluding ortho intramolecular Hbond substituents is 2. The second-order valence-corrected chi connectivity index (χ2v) is 8.25. The van der Waals surface area contributed by atoms with Gasteiger partial charge < -0.3 is 20.3 Å². The monoisotopic (exact) mass is 539 g/mol. The molecule has 210 valence electrons. The van der Waals surface area contributed by atoms with Crippen LogP contribution in [0.4, 0.5) is 8.78 Å². The first-order chi connectivity index (χ1) is 18.6. The highest BCUT2D eigenvalue weighted by Crippen LogP contribution is 2.27. The van der Waals surface area contributed by atoms with Crippen molar-refractivity contribution in [2.75, 3.05) is 6.61 Å². The lowest BCUT2D eigenvalue weighted by Gasteiger charge is -2.10. The Morgan fingerprint density at radius 3 is 2.26 bits per heavy atom. The molecule has 1 amide bonds. The molecule has 3 aromatic carbocycles. The summed E-state index contributed by atoms with van der Waals surface area (Å²) in [5, 5.41) is 21.8. The number of phenols is 2. The van der Waals surface area contributed by atoms with Gasteiger partial charge in [0.25, 0.3) is 0 Å². The van der Waals surface area contributed by atoms with Crippen LogP contribution in [0.3, 0.4) is 0 Å². The fraction of sp³-hybridized carbons (Fsp3) is 0.281. The van der Waals surface area contributed by atoms with Gasteiger partial charge in [-0.15, -0.1) is 0 Å². The summed E-state index contributed by atoms with van der Waals surface area (Å²) in [6, 6.07) is 15.4. The van der Waals surface area contributed by atoms with E-state index in [-0.39, 0.29) is 17.4 Å². The number of rotatable bonds is 8. The highest BCUT2D eigenvalue weighted by atomic mass is 19.1. The number of allylic oxidation sites excluding steroid dienone is 3. The van der Waals surface area contributed by atoms with E-state index in [0.29, 0.717) is 35.5 Å². The molecule has 0 aliphatic carbocycles. The van der Waals surface area contributed by atoms with Crippen molar-refractivity contribution in [1.82, 2.24) is 5.32 Å². The van der Waals surface area contributed by atoms with Crippen molar-refractivity contribution in [2.45, 2.75) is 54.4 Å². The smallest absolute Gasteiger partial charge is 0.220 e. The second-order valence-electron chi connectivity index (χ2n) is 8.25. The number of nitrogens with one attached hydrogen (secondary N) is 1. The summed E-state index contributed by atoms with van der Waals surface area (Å²) in [4.78, 5) is 11.1. The van der Waals surface area contributed by atoms with Crippen molar-refractivity contribution >= 4 is 5.91 Å². The van der Waals surface area contributed by atoms with Gasteiger partial charge in [-0.3, -0.25) is 4.79 Å². The Balaban J connectivity index is 0.000000377. The third-order valence-electron chi connectivity index (χ3n) is 5.39. The molecule has 7 heteroatoms. The van der Waals surface area contributed by atoms with Crippen LogP contribution < -0.4 is 5.32 Å². The van der Waals surface area contributed by atoms with Crippen molar-refractivity contribution in [3.8, 4) is 22.6 Å². The summed E-state index contributed by atoms with van der Waals surface area (Å²) in [6.07, 6.45) is 5.02. The van der Waals surface area contributed by atoms with Crippen molar-refractivity contribution in [2.24, 2.45) is 0 Å². The second kappa shape index (κ2) is 17.4. The van der Waals surface area contributed by atoms with Crippen LogP contribution in [-0.4, -0.2) is 22.7 Å². The van der Waals surface area contributed by atoms with E-state index in [2.05, 4.69) is 5.32 Å². The van der Waals surface area contributed by atoms with E-state index in [9.17, 15) is 23.8 Å². The van der Waals surface area contributed by atoms with Crippen molar-refractivity contribution < 1.29 is 28.5 Å². The highest BCUT2D eigenvalue weighted by molar-refractivity contribution is 5.75. The number of amides is 1. The molecule has 0 saturated carbocycles. The fourth-order valence-electron chi connectivity index (χ4n) is 3.38. The Kier molecular flexibility index (Phi) is 14.7. The Bertz CT molecular complexity index is 1270. The van der Waals surface area contributed by atoms with Crippen LogP contribution in [0.15, 0.2) is 84.3 Å². The number of halogens is 2. The standard InChI is InChI=1S/C17H23NO3.C13H10F2O.C2H6/c1-4-15(18-13(3)19)12-16(5-2)21-11-10-14-8-6-7-9-17(14)20;1-8-6-9(2-5-13(8)16)11-4-3-10(14)7-12(11)15;1-2/h5-9,12,20H,4,10-11H2,1-3H3,(H,18,19);2-7,16H,1H3;1-2H3/b15-12+,16-5+;;. The minimum Gasteiger partial charge on any atom is -0.508 e. The lowest BCUT2D eigenvalue weighted by atomic mass is 10.0. The molecule has 0 aliphatic rings. The lowest BCUT2D eigenvalue weighted by molar-refractivity contribution is -0.118. The Hall–Kier alpha value is -4.13. The summed E-state index contributed by atoms with van der Waals surface area (Å²) < 4.78 is 31.9. The molecule has 0 aliphatic heterocycles. The van der Waals surface area contributed by atoms with Gasteiger partial charge in [-0.2, -0.15) is 0 Å². The molecule has 5 nitrogen and oxygen atoms in total. The van der Waals surface area contributed by atoms with E-state index in [1.807, 2.05) is 52.0 Å². The maximum Gasteiger partial charge on any atom is 0.220 e. The third-order valence-corrected chi connectivity index (χ3v) is 5.39. The average Bonchev–Trinajstić information content (AvgIpc) is 2.91. The summed E-state index contributed by atoms with van der Waals surface area (Å²) in [7, 11) is 0. The molecule has 39 heavy (non-hydrogen) atoms. The molecule has 3 rings (SSSR count). The van der Waals surface area contributed by atoms with Crippen molar-refractivity contribution in [1.29, 1.82) is 0 Å². The van der Waals surface area contributed by atoms with Crippen LogP contribution in [-0.2, 0) is 16.0 Å². The van der Waals surface area contributed by atoms with Gasteiger partial charge >= 0.3 is 0 Å². The fourth-order valence-corrected chi connectivity index (χ4v) is 3.38. The van der Waals surface area contributed by atoms with Gasteiger partial charge in [0.05, 0.1) is 6.61 Å². The molecule has 0 fully saturated rings. The van der Waals surface area contributed by atoms with Gasteiger partial charge in [0.2, 0.25) is 5.91 Å². The summed E-state index contributed by atoms with van der Waals surface area (Å²) in [6.45, 7) is 11.5. The van der Waals surface area contributed by atoms with Gasteiger partial charge in [-0.1, -0.05) is 45.0 Å². The van der Waals surface area contributed by atoms with Crippen molar-refractivity contribution in [3.05, 3.63) is 107 Å². The molecule has 3 N–H and O–H groups in total. The number of hydrogen-bond acceptors (Lipinski definition) is 4.